The van der Waals surface area contributed by atoms with Gasteiger partial charge in [-0.05, 0) is 13.3 Å². The van der Waals surface area contributed by atoms with Gasteiger partial charge in [0.1, 0.15) is 18.0 Å². The van der Waals surface area contributed by atoms with Crippen LogP contribution in [0.25, 0.3) is 5.78 Å². The molecule has 1 N–H and O–H groups in total. The van der Waals surface area contributed by atoms with Crippen LogP contribution in [0.1, 0.15) is 30.7 Å². The van der Waals surface area contributed by atoms with Crippen LogP contribution in [0, 0.1) is 6.92 Å². The lowest BCUT2D eigenvalue weighted by molar-refractivity contribution is 0.439. The van der Waals surface area contributed by atoms with E-state index < -0.39 is 0 Å². The van der Waals surface area contributed by atoms with Gasteiger partial charge in [0.25, 0.3) is 5.78 Å². The number of nitrogens with zero attached hydrogens (tertiary/aromatic N) is 7. The lowest BCUT2D eigenvalue weighted by Crippen LogP contribution is -2.32. The molecule has 3 aromatic rings. The number of fused-ring (bicyclic) bond motifs is 2. The Kier molecular flexibility index (Phi) is 3.02. The molecule has 0 bridgehead atoms. The van der Waals surface area contributed by atoms with Gasteiger partial charge in [0.05, 0.1) is 6.54 Å². The number of hydrogen-bond acceptors (Lipinski definition) is 6. The summed E-state index contributed by atoms with van der Waals surface area (Å²) < 4.78 is 3.76. The van der Waals surface area contributed by atoms with Gasteiger partial charge in [-0.3, -0.25) is 0 Å². The molecule has 1 atom stereocenters. The number of hydrogen-bond donors (Lipinski definition) is 1. The summed E-state index contributed by atoms with van der Waals surface area (Å²) >= 11 is 0. The van der Waals surface area contributed by atoms with Crippen molar-refractivity contribution < 1.29 is 0 Å². The van der Waals surface area contributed by atoms with E-state index in [-0.39, 0.29) is 0 Å². The van der Waals surface area contributed by atoms with Gasteiger partial charge in [0.2, 0.25) is 0 Å². The molecular formula is C14H18N8. The molecule has 0 amide bonds. The average molecular weight is 298 g/mol. The molecule has 4 rings (SSSR count). The number of nitrogens with one attached hydrogen (secondary N) is 1. The minimum absolute atomic E-state index is 0.299. The van der Waals surface area contributed by atoms with Crippen molar-refractivity contribution in [3.05, 3.63) is 29.7 Å². The number of anilines is 1. The van der Waals surface area contributed by atoms with Crippen molar-refractivity contribution >= 4 is 11.6 Å². The Bertz CT molecular complexity index is 817. The molecule has 0 saturated carbocycles. The van der Waals surface area contributed by atoms with Gasteiger partial charge >= 0.3 is 0 Å². The monoisotopic (exact) mass is 298 g/mol. The quantitative estimate of drug-likeness (QED) is 0.777. The van der Waals surface area contributed by atoms with Crippen LogP contribution in [0.15, 0.2) is 12.4 Å². The summed E-state index contributed by atoms with van der Waals surface area (Å²) in [5.41, 5.74) is 0.925. The summed E-state index contributed by atoms with van der Waals surface area (Å²) in [6.45, 7) is 4.86. The Hall–Kier alpha value is -2.51. The van der Waals surface area contributed by atoms with E-state index in [4.69, 9.17) is 0 Å². The fraction of sp³-hybridized carbons (Fsp3) is 0.500. The Morgan fingerprint density at radius 3 is 3.14 bits per heavy atom. The number of aryl methyl sites for hydroxylation is 3. The number of aromatic nitrogens is 7. The van der Waals surface area contributed by atoms with Gasteiger partial charge < -0.3 is 5.32 Å². The van der Waals surface area contributed by atoms with Gasteiger partial charge in [-0.15, -0.1) is 0 Å². The standard InChI is InChI=1S/C14H18N8/c1-3-11-19-12-5-4-10(7-21(12)20-11)18-13-6-9(2)17-14-15-8-16-22(13)14/h6,8,10,18H,3-5,7H2,1-2H3/t10-/m1/s1. The van der Waals surface area contributed by atoms with Gasteiger partial charge in [0.15, 0.2) is 5.82 Å². The van der Waals surface area contributed by atoms with Gasteiger partial charge in [-0.25, -0.2) is 14.6 Å². The van der Waals surface area contributed by atoms with Crippen LogP contribution in [-0.2, 0) is 19.4 Å². The van der Waals surface area contributed by atoms with Crippen molar-refractivity contribution in [2.24, 2.45) is 0 Å². The van der Waals surface area contributed by atoms with Crippen molar-refractivity contribution in [2.75, 3.05) is 5.32 Å². The van der Waals surface area contributed by atoms with Crippen molar-refractivity contribution in [3.63, 3.8) is 0 Å². The molecule has 8 heteroatoms. The molecule has 1 aliphatic heterocycles. The van der Waals surface area contributed by atoms with Crippen LogP contribution in [-0.4, -0.2) is 40.4 Å². The molecule has 1 aliphatic rings. The molecule has 8 nitrogen and oxygen atoms in total. The molecule has 0 fully saturated rings. The van der Waals surface area contributed by atoms with E-state index in [0.717, 1.165) is 49.0 Å². The predicted molar refractivity (Wildman–Crippen MR) is 80.7 cm³/mol. The predicted octanol–water partition coefficient (Wildman–Crippen LogP) is 1.01. The Balaban J connectivity index is 1.59. The summed E-state index contributed by atoms with van der Waals surface area (Å²) in [7, 11) is 0. The van der Waals surface area contributed by atoms with E-state index in [9.17, 15) is 0 Å². The zero-order valence-corrected chi connectivity index (χ0v) is 12.7. The SMILES string of the molecule is CCc1nc2n(n1)C[C@H](Nc1cc(C)nc3ncnn13)CC2. The van der Waals surface area contributed by atoms with E-state index in [0.29, 0.717) is 11.8 Å². The molecule has 0 aromatic carbocycles. The third-order valence-electron chi connectivity index (χ3n) is 3.95. The molecule has 114 valence electrons. The van der Waals surface area contributed by atoms with Crippen molar-refractivity contribution in [1.29, 1.82) is 0 Å². The van der Waals surface area contributed by atoms with Crippen LogP contribution in [0.4, 0.5) is 5.82 Å². The summed E-state index contributed by atoms with van der Waals surface area (Å²) in [5.74, 6) is 3.55. The number of rotatable bonds is 3. The summed E-state index contributed by atoms with van der Waals surface area (Å²) in [6.07, 6.45) is 4.37. The normalized spacial score (nSPS) is 17.6. The minimum Gasteiger partial charge on any atom is -0.365 e. The molecule has 3 aromatic heterocycles. The molecule has 4 heterocycles. The molecule has 0 radical (unpaired) electrons. The molecule has 0 saturated heterocycles. The molecule has 0 spiro atoms. The van der Waals surface area contributed by atoms with Crippen LogP contribution in [0.2, 0.25) is 0 Å². The molecule has 0 aliphatic carbocycles. The van der Waals surface area contributed by atoms with Crippen LogP contribution in [0.3, 0.4) is 0 Å². The summed E-state index contributed by atoms with van der Waals surface area (Å²) in [6, 6.07) is 2.30. The first-order valence-electron chi connectivity index (χ1n) is 7.59. The second-order valence-corrected chi connectivity index (χ2v) is 5.61. The van der Waals surface area contributed by atoms with Gasteiger partial charge in [0, 0.05) is 30.6 Å². The first kappa shape index (κ1) is 13.2. The van der Waals surface area contributed by atoms with Crippen molar-refractivity contribution in [1.82, 2.24) is 34.3 Å². The highest BCUT2D eigenvalue weighted by Crippen LogP contribution is 2.18. The largest absolute Gasteiger partial charge is 0.365 e. The first-order valence-corrected chi connectivity index (χ1v) is 7.59. The average Bonchev–Trinajstić information content (AvgIpc) is 3.12. The van der Waals surface area contributed by atoms with Crippen LogP contribution >= 0.6 is 0 Å². The summed E-state index contributed by atoms with van der Waals surface area (Å²) in [5, 5.41) is 12.3. The topological polar surface area (TPSA) is 85.8 Å². The minimum atomic E-state index is 0.299. The maximum absolute atomic E-state index is 4.55. The Labute approximate surface area is 127 Å². The lowest BCUT2D eigenvalue weighted by atomic mass is 10.1. The zero-order chi connectivity index (χ0) is 15.1. The maximum Gasteiger partial charge on any atom is 0.254 e. The fourth-order valence-electron chi connectivity index (χ4n) is 2.87. The fourth-order valence-corrected chi connectivity index (χ4v) is 2.87. The van der Waals surface area contributed by atoms with Crippen molar-refractivity contribution in [2.45, 2.75) is 45.7 Å². The zero-order valence-electron chi connectivity index (χ0n) is 12.7. The highest BCUT2D eigenvalue weighted by atomic mass is 15.4. The maximum atomic E-state index is 4.55. The van der Waals surface area contributed by atoms with E-state index in [1.54, 1.807) is 4.52 Å². The smallest absolute Gasteiger partial charge is 0.254 e. The van der Waals surface area contributed by atoms with Gasteiger partial charge in [-0.2, -0.15) is 19.7 Å². The van der Waals surface area contributed by atoms with Gasteiger partial charge in [-0.1, -0.05) is 6.92 Å². The summed E-state index contributed by atoms with van der Waals surface area (Å²) in [4.78, 5) is 13.1. The van der Waals surface area contributed by atoms with E-state index in [2.05, 4.69) is 37.4 Å². The van der Waals surface area contributed by atoms with E-state index >= 15 is 0 Å². The Morgan fingerprint density at radius 2 is 2.27 bits per heavy atom. The molecule has 22 heavy (non-hydrogen) atoms. The van der Waals surface area contributed by atoms with E-state index in [1.165, 1.54) is 6.33 Å². The lowest BCUT2D eigenvalue weighted by Gasteiger charge is -2.24. The highest BCUT2D eigenvalue weighted by Gasteiger charge is 2.22. The van der Waals surface area contributed by atoms with Crippen LogP contribution < -0.4 is 5.32 Å². The first-order chi connectivity index (χ1) is 10.7. The second kappa shape index (κ2) is 5.04. The van der Waals surface area contributed by atoms with E-state index in [1.807, 2.05) is 17.7 Å². The third-order valence-corrected chi connectivity index (χ3v) is 3.95. The van der Waals surface area contributed by atoms with Crippen LogP contribution in [0.5, 0.6) is 0 Å². The molecule has 0 unspecified atom stereocenters. The second-order valence-electron chi connectivity index (χ2n) is 5.61. The Morgan fingerprint density at radius 1 is 1.36 bits per heavy atom. The van der Waals surface area contributed by atoms with Crippen molar-refractivity contribution in [3.8, 4) is 0 Å². The molecular weight excluding hydrogens is 280 g/mol. The third kappa shape index (κ3) is 2.20. The highest BCUT2D eigenvalue weighted by molar-refractivity contribution is 5.45.